The van der Waals surface area contributed by atoms with Crippen LogP contribution in [0.4, 0.5) is 5.69 Å². The van der Waals surface area contributed by atoms with Gasteiger partial charge in [-0.15, -0.1) is 0 Å². The van der Waals surface area contributed by atoms with E-state index in [1.165, 1.54) is 5.30 Å². The summed E-state index contributed by atoms with van der Waals surface area (Å²) < 4.78 is 0. The van der Waals surface area contributed by atoms with Crippen LogP contribution in [0.25, 0.3) is 6.58 Å². The van der Waals surface area contributed by atoms with Crippen LogP contribution in [-0.4, -0.2) is 17.6 Å². The minimum absolute atomic E-state index is 0.282. The molecule has 0 fully saturated rings. The van der Waals surface area contributed by atoms with Crippen LogP contribution in [0.2, 0.25) is 0 Å². The van der Waals surface area contributed by atoms with Crippen LogP contribution in [0.5, 0.6) is 5.75 Å². The summed E-state index contributed by atoms with van der Waals surface area (Å²) in [5.74, 6) is 0.282. The Morgan fingerprint density at radius 2 is 1.95 bits per heavy atom. The van der Waals surface area contributed by atoms with Gasteiger partial charge in [-0.2, -0.15) is 0 Å². The van der Waals surface area contributed by atoms with Crippen molar-refractivity contribution in [2.45, 2.75) is 6.92 Å². The molecule has 1 atom stereocenters. The van der Waals surface area contributed by atoms with Crippen molar-refractivity contribution in [3.63, 3.8) is 0 Å². The van der Waals surface area contributed by atoms with Gasteiger partial charge in [-0.3, -0.25) is 0 Å². The minimum atomic E-state index is -1.72. The Balaban J connectivity index is 2.48. The molecule has 0 aliphatic carbocycles. The zero-order chi connectivity index (χ0) is 13.6. The monoisotopic (exact) mass is 269 g/mol. The molecule has 1 heterocycles. The lowest BCUT2D eigenvalue weighted by Gasteiger charge is -2.29. The zero-order valence-electron chi connectivity index (χ0n) is 10.9. The van der Waals surface area contributed by atoms with E-state index in [1.54, 1.807) is 6.07 Å². The lowest BCUT2D eigenvalue weighted by Crippen LogP contribution is -2.36. The first-order chi connectivity index (χ1) is 9.04. The quantitative estimate of drug-likeness (QED) is 0.782. The van der Waals surface area contributed by atoms with Gasteiger partial charge in [-0.05, 0) is 41.7 Å². The Morgan fingerprint density at radius 3 is 2.68 bits per heavy atom. The second-order valence-corrected chi connectivity index (χ2v) is 8.42. The summed E-state index contributed by atoms with van der Waals surface area (Å²) in [5.41, 5.74) is 0.937. The smallest absolute Gasteiger partial charge is 0.116 e. The molecule has 96 valence electrons. The zero-order valence-corrected chi connectivity index (χ0v) is 11.8. The van der Waals surface area contributed by atoms with Gasteiger partial charge in [0, 0.05) is 10.6 Å². The van der Waals surface area contributed by atoms with Crippen molar-refractivity contribution in [1.29, 1.82) is 0 Å². The van der Waals surface area contributed by atoms with Gasteiger partial charge in [0.05, 0.1) is 11.0 Å². The van der Waals surface area contributed by atoms with E-state index in [0.717, 1.165) is 27.7 Å². The van der Waals surface area contributed by atoms with Crippen LogP contribution in [0, 0.1) is 0 Å². The minimum Gasteiger partial charge on any atom is -0.508 e. The molecule has 0 saturated heterocycles. The topological polar surface area (TPSA) is 32.6 Å². The lowest BCUT2D eigenvalue weighted by molar-refractivity contribution is 0.476. The number of aromatic hydroxyl groups is 1. The van der Waals surface area contributed by atoms with Gasteiger partial charge in [-0.1, -0.05) is 32.8 Å². The van der Waals surface area contributed by atoms with E-state index in [-0.39, 0.29) is 5.75 Å². The van der Waals surface area contributed by atoms with E-state index in [2.05, 4.69) is 30.9 Å². The second kappa shape index (κ2) is 4.11. The Kier molecular flexibility index (Phi) is 2.65. The third kappa shape index (κ3) is 1.75. The van der Waals surface area contributed by atoms with E-state index in [0.29, 0.717) is 0 Å². The van der Waals surface area contributed by atoms with E-state index in [4.69, 9.17) is 0 Å². The summed E-state index contributed by atoms with van der Waals surface area (Å²) in [4.78, 5) is 4.68. The highest BCUT2D eigenvalue weighted by Gasteiger charge is 2.26. The average molecular weight is 269 g/mol. The Morgan fingerprint density at radius 1 is 1.16 bits per heavy atom. The van der Waals surface area contributed by atoms with Gasteiger partial charge in [0.15, 0.2) is 0 Å². The Hall–Kier alpha value is -1.79. The van der Waals surface area contributed by atoms with Crippen molar-refractivity contribution in [2.75, 3.05) is 6.16 Å². The summed E-state index contributed by atoms with van der Waals surface area (Å²) >= 11 is 0. The number of phenolic OH excluding ortho intramolecular Hbond substituents is 1. The first kappa shape index (κ1) is 12.3. The van der Waals surface area contributed by atoms with E-state index in [9.17, 15) is 5.11 Å². The van der Waals surface area contributed by atoms with Crippen molar-refractivity contribution < 1.29 is 5.11 Å². The van der Waals surface area contributed by atoms with Crippen LogP contribution >= 0.6 is 6.89 Å². The first-order valence-corrected chi connectivity index (χ1v) is 8.45. The first-order valence-electron chi connectivity index (χ1n) is 6.29. The van der Waals surface area contributed by atoms with E-state index < -0.39 is 6.89 Å². The van der Waals surface area contributed by atoms with Gasteiger partial charge < -0.3 is 5.11 Å². The third-order valence-electron chi connectivity index (χ3n) is 3.70. The van der Waals surface area contributed by atoms with Gasteiger partial charge in [0.2, 0.25) is 0 Å². The molecule has 0 amide bonds. The van der Waals surface area contributed by atoms with Crippen LogP contribution in [0.3, 0.4) is 0 Å². The van der Waals surface area contributed by atoms with Crippen molar-refractivity contribution in [1.82, 2.24) is 0 Å². The molecule has 1 unspecified atom stereocenters. The molecule has 3 rings (SSSR count). The third-order valence-corrected chi connectivity index (χ3v) is 7.34. The highest BCUT2D eigenvalue weighted by molar-refractivity contribution is 7.87. The molecule has 19 heavy (non-hydrogen) atoms. The average Bonchev–Trinajstić information content (AvgIpc) is 2.41. The van der Waals surface area contributed by atoms with Gasteiger partial charge in [0.1, 0.15) is 5.75 Å². The maximum absolute atomic E-state index is 9.75. The second-order valence-electron chi connectivity index (χ2n) is 4.89. The predicted octanol–water partition coefficient (Wildman–Crippen LogP) is 1.49. The normalized spacial score (nSPS) is 20.3. The molecule has 0 radical (unpaired) electrons. The summed E-state index contributed by atoms with van der Waals surface area (Å²) in [6.45, 7) is 4.43. The molecule has 3 heteroatoms. The number of phenols is 1. The Labute approximate surface area is 112 Å². The molecular formula is C16H16NOP. The molecule has 2 aromatic carbocycles. The van der Waals surface area contributed by atoms with Gasteiger partial charge in [0.25, 0.3) is 0 Å². The number of nitrogens with zero attached hydrogens (tertiary/aromatic N) is 1. The molecule has 1 aliphatic heterocycles. The number of hydrogen-bond acceptors (Lipinski definition) is 2. The molecule has 0 saturated carbocycles. The SMILES string of the molecule is C=c1ccc2c(c1)P(=C)(CC)c1cc(O)ccc1N=2. The fraction of sp³-hybridized carbons (Fsp3) is 0.125. The highest BCUT2D eigenvalue weighted by atomic mass is 31.2. The van der Waals surface area contributed by atoms with Crippen LogP contribution in [0.1, 0.15) is 6.92 Å². The van der Waals surface area contributed by atoms with E-state index in [1.807, 2.05) is 24.3 Å². The van der Waals surface area contributed by atoms with Crippen molar-refractivity contribution in [3.05, 3.63) is 47.0 Å². The maximum Gasteiger partial charge on any atom is 0.116 e. The summed E-state index contributed by atoms with van der Waals surface area (Å²) in [6.07, 6.45) is 5.48. The molecule has 2 nitrogen and oxygen atoms in total. The summed E-state index contributed by atoms with van der Waals surface area (Å²) in [7, 11) is 0. The number of fused-ring (bicyclic) bond motifs is 2. The lowest BCUT2D eigenvalue weighted by atomic mass is 10.2. The standard InChI is InChI=1S/C16H16NOP/c1-4-19(3)15-9-11(2)5-7-13(15)17-14-8-6-12(18)10-16(14)19/h5-10,18H,2-4H2,1H3. The van der Waals surface area contributed by atoms with Crippen molar-refractivity contribution in [3.8, 4) is 5.75 Å². The highest BCUT2D eigenvalue weighted by Crippen LogP contribution is 2.46. The number of hydrogen-bond donors (Lipinski definition) is 1. The molecule has 1 aliphatic rings. The molecule has 1 N–H and O–H groups in total. The van der Waals surface area contributed by atoms with E-state index >= 15 is 0 Å². The van der Waals surface area contributed by atoms with Crippen LogP contribution in [0.15, 0.2) is 41.4 Å². The molecule has 2 aromatic rings. The maximum atomic E-state index is 9.75. The van der Waals surface area contributed by atoms with Crippen LogP contribution in [-0.2, 0) is 0 Å². The fourth-order valence-electron chi connectivity index (χ4n) is 2.56. The van der Waals surface area contributed by atoms with Crippen molar-refractivity contribution >= 4 is 36.1 Å². The molecule has 0 spiro atoms. The fourth-order valence-corrected chi connectivity index (χ4v) is 5.42. The van der Waals surface area contributed by atoms with Crippen molar-refractivity contribution in [2.24, 2.45) is 4.99 Å². The Bertz CT molecular complexity index is 823. The number of benzene rings is 2. The molecule has 0 aromatic heterocycles. The van der Waals surface area contributed by atoms with Crippen LogP contribution < -0.4 is 21.2 Å². The number of rotatable bonds is 1. The predicted molar refractivity (Wildman–Crippen MR) is 84.4 cm³/mol. The molecular weight excluding hydrogens is 253 g/mol. The summed E-state index contributed by atoms with van der Waals surface area (Å²) in [6, 6.07) is 11.5. The van der Waals surface area contributed by atoms with Gasteiger partial charge >= 0.3 is 0 Å². The summed E-state index contributed by atoms with van der Waals surface area (Å²) in [5, 5.41) is 14.0. The molecule has 0 bridgehead atoms. The largest absolute Gasteiger partial charge is 0.508 e. The van der Waals surface area contributed by atoms with Gasteiger partial charge in [-0.25, -0.2) is 4.99 Å².